The minimum absolute atomic E-state index is 0.00341. The predicted molar refractivity (Wildman–Crippen MR) is 65.6 cm³/mol. The lowest BCUT2D eigenvalue weighted by molar-refractivity contribution is -0.0603. The number of ether oxygens (including phenoxy) is 1. The van der Waals surface area contributed by atoms with Crippen LogP contribution in [0.15, 0.2) is 0 Å². The molecule has 16 heavy (non-hydrogen) atoms. The molecule has 0 saturated carbocycles. The Morgan fingerprint density at radius 2 is 2.25 bits per heavy atom. The Kier molecular flexibility index (Phi) is 5.69. The smallest absolute Gasteiger partial charge is 0.0932 e. The molecule has 0 aromatic heterocycles. The molecule has 0 aromatic carbocycles. The summed E-state index contributed by atoms with van der Waals surface area (Å²) < 4.78 is 5.45. The Bertz CT molecular complexity index is 197. The second-order valence-corrected chi connectivity index (χ2v) is 5.36. The lowest BCUT2D eigenvalue weighted by Gasteiger charge is -2.37. The molecule has 1 aliphatic rings. The van der Waals surface area contributed by atoms with E-state index in [0.29, 0.717) is 0 Å². The number of rotatable bonds is 6. The van der Waals surface area contributed by atoms with E-state index in [1.54, 1.807) is 0 Å². The van der Waals surface area contributed by atoms with E-state index in [-0.39, 0.29) is 18.1 Å². The van der Waals surface area contributed by atoms with Crippen molar-refractivity contribution in [2.75, 3.05) is 45.9 Å². The molecular weight excluding hydrogens is 204 g/mol. The largest absolute Gasteiger partial charge is 0.394 e. The minimum Gasteiger partial charge on any atom is -0.394 e. The van der Waals surface area contributed by atoms with Crippen molar-refractivity contribution in [3.8, 4) is 0 Å². The number of nitrogens with zero attached hydrogens (tertiary/aromatic N) is 1. The van der Waals surface area contributed by atoms with Crippen molar-refractivity contribution in [2.45, 2.75) is 26.9 Å². The Balaban J connectivity index is 2.34. The van der Waals surface area contributed by atoms with E-state index < -0.39 is 0 Å². The average Bonchev–Trinajstić information content (AvgIpc) is 2.26. The van der Waals surface area contributed by atoms with Gasteiger partial charge in [-0.15, -0.1) is 0 Å². The van der Waals surface area contributed by atoms with E-state index >= 15 is 0 Å². The van der Waals surface area contributed by atoms with Crippen LogP contribution in [0.4, 0.5) is 0 Å². The molecule has 1 heterocycles. The Labute approximate surface area is 99.0 Å². The molecule has 0 amide bonds. The van der Waals surface area contributed by atoms with Crippen LogP contribution in [-0.4, -0.2) is 62.0 Å². The lowest BCUT2D eigenvalue weighted by atomic mass is 9.92. The molecule has 0 radical (unpaired) electrons. The highest BCUT2D eigenvalue weighted by Crippen LogP contribution is 2.17. The number of morpholine rings is 1. The van der Waals surface area contributed by atoms with Gasteiger partial charge in [-0.2, -0.15) is 0 Å². The van der Waals surface area contributed by atoms with Crippen LogP contribution in [0.25, 0.3) is 0 Å². The molecular formula is C12H26N2O2. The molecule has 0 aliphatic carbocycles. The Hall–Kier alpha value is -0.160. The van der Waals surface area contributed by atoms with Crippen molar-refractivity contribution in [1.82, 2.24) is 10.2 Å². The summed E-state index contributed by atoms with van der Waals surface area (Å²) in [5.41, 5.74) is 0.271. The van der Waals surface area contributed by atoms with E-state index in [2.05, 4.69) is 31.0 Å². The molecule has 1 saturated heterocycles. The van der Waals surface area contributed by atoms with Crippen molar-refractivity contribution < 1.29 is 9.84 Å². The summed E-state index contributed by atoms with van der Waals surface area (Å²) in [6, 6.07) is 0. The van der Waals surface area contributed by atoms with Crippen LogP contribution in [0.3, 0.4) is 0 Å². The van der Waals surface area contributed by atoms with E-state index in [0.717, 1.165) is 39.3 Å². The molecule has 1 aliphatic heterocycles. The summed E-state index contributed by atoms with van der Waals surface area (Å²) in [6.45, 7) is 12.5. The van der Waals surface area contributed by atoms with Gasteiger partial charge in [-0.3, -0.25) is 4.90 Å². The van der Waals surface area contributed by atoms with E-state index in [4.69, 9.17) is 9.84 Å². The van der Waals surface area contributed by atoms with Gasteiger partial charge in [0, 0.05) is 26.2 Å². The van der Waals surface area contributed by atoms with Gasteiger partial charge in [-0.1, -0.05) is 20.8 Å². The second kappa shape index (κ2) is 6.55. The maximum absolute atomic E-state index is 9.08. The Morgan fingerprint density at radius 3 is 2.88 bits per heavy atom. The molecule has 2 N–H and O–H groups in total. The molecule has 0 bridgehead atoms. The number of hydrogen-bond acceptors (Lipinski definition) is 4. The van der Waals surface area contributed by atoms with Crippen molar-refractivity contribution in [3.05, 3.63) is 0 Å². The first kappa shape index (κ1) is 13.9. The van der Waals surface area contributed by atoms with Gasteiger partial charge in [-0.25, -0.2) is 0 Å². The topological polar surface area (TPSA) is 44.7 Å². The van der Waals surface area contributed by atoms with Crippen LogP contribution < -0.4 is 5.32 Å². The van der Waals surface area contributed by atoms with Gasteiger partial charge < -0.3 is 15.2 Å². The zero-order valence-corrected chi connectivity index (χ0v) is 10.8. The summed E-state index contributed by atoms with van der Waals surface area (Å²) in [5.74, 6) is 0. The van der Waals surface area contributed by atoms with Gasteiger partial charge in [0.1, 0.15) is 0 Å². The first-order valence-electron chi connectivity index (χ1n) is 6.23. The van der Waals surface area contributed by atoms with E-state index in [1.807, 2.05) is 0 Å². The predicted octanol–water partition coefficient (Wildman–Crippen LogP) is 0.315. The van der Waals surface area contributed by atoms with Crippen LogP contribution in [0.1, 0.15) is 20.8 Å². The first-order chi connectivity index (χ1) is 7.57. The molecule has 1 fully saturated rings. The van der Waals surface area contributed by atoms with Crippen LogP contribution in [-0.2, 0) is 4.74 Å². The van der Waals surface area contributed by atoms with Crippen LogP contribution in [0.2, 0.25) is 0 Å². The molecule has 4 heteroatoms. The maximum Gasteiger partial charge on any atom is 0.0932 e. The van der Waals surface area contributed by atoms with E-state index in [9.17, 15) is 0 Å². The van der Waals surface area contributed by atoms with Crippen LogP contribution in [0.5, 0.6) is 0 Å². The first-order valence-corrected chi connectivity index (χ1v) is 6.23. The molecule has 0 spiro atoms. The molecule has 1 atom stereocenters. The Morgan fingerprint density at radius 1 is 1.50 bits per heavy atom. The average molecular weight is 230 g/mol. The zero-order valence-electron chi connectivity index (χ0n) is 10.8. The minimum atomic E-state index is 0.00341. The monoisotopic (exact) mass is 230 g/mol. The SMILES string of the molecule is CCNCC(C)(C)CN1CCOC(CO)C1. The van der Waals surface area contributed by atoms with E-state index in [1.165, 1.54) is 0 Å². The van der Waals surface area contributed by atoms with Gasteiger partial charge in [-0.05, 0) is 12.0 Å². The number of nitrogens with one attached hydrogen (secondary N) is 1. The van der Waals surface area contributed by atoms with Crippen molar-refractivity contribution >= 4 is 0 Å². The van der Waals surface area contributed by atoms with Crippen molar-refractivity contribution in [2.24, 2.45) is 5.41 Å². The summed E-state index contributed by atoms with van der Waals surface area (Å²) in [4.78, 5) is 2.39. The van der Waals surface area contributed by atoms with Gasteiger partial charge in [0.2, 0.25) is 0 Å². The fourth-order valence-corrected chi connectivity index (χ4v) is 2.16. The summed E-state index contributed by atoms with van der Waals surface area (Å²) >= 11 is 0. The molecule has 0 aromatic rings. The zero-order chi connectivity index (χ0) is 12.0. The van der Waals surface area contributed by atoms with Crippen LogP contribution >= 0.6 is 0 Å². The van der Waals surface area contributed by atoms with Crippen molar-refractivity contribution in [3.63, 3.8) is 0 Å². The standard InChI is InChI=1S/C12H26N2O2/c1-4-13-9-12(2,3)10-14-5-6-16-11(7-14)8-15/h11,13,15H,4-10H2,1-3H3. The normalized spacial score (nSPS) is 23.6. The third-order valence-corrected chi connectivity index (χ3v) is 2.93. The molecule has 4 nitrogen and oxygen atoms in total. The quantitative estimate of drug-likeness (QED) is 0.689. The van der Waals surface area contributed by atoms with Gasteiger partial charge in [0.15, 0.2) is 0 Å². The molecule has 1 rings (SSSR count). The van der Waals surface area contributed by atoms with Gasteiger partial charge in [0.05, 0.1) is 19.3 Å². The van der Waals surface area contributed by atoms with Gasteiger partial charge in [0.25, 0.3) is 0 Å². The van der Waals surface area contributed by atoms with Crippen molar-refractivity contribution in [1.29, 1.82) is 0 Å². The molecule has 96 valence electrons. The summed E-state index contributed by atoms with van der Waals surface area (Å²) in [5, 5.41) is 12.5. The summed E-state index contributed by atoms with van der Waals surface area (Å²) in [6.07, 6.45) is 0.00341. The second-order valence-electron chi connectivity index (χ2n) is 5.36. The molecule has 1 unspecified atom stereocenters. The number of aliphatic hydroxyl groups excluding tert-OH is 1. The highest BCUT2D eigenvalue weighted by Gasteiger charge is 2.26. The third kappa shape index (κ3) is 4.78. The highest BCUT2D eigenvalue weighted by atomic mass is 16.5. The maximum atomic E-state index is 9.08. The summed E-state index contributed by atoms with van der Waals surface area (Å²) in [7, 11) is 0. The highest BCUT2D eigenvalue weighted by molar-refractivity contribution is 4.79. The van der Waals surface area contributed by atoms with Crippen LogP contribution in [0, 0.1) is 5.41 Å². The fourth-order valence-electron chi connectivity index (χ4n) is 2.16. The lowest BCUT2D eigenvalue weighted by Crippen LogP contribution is -2.49. The van der Waals surface area contributed by atoms with Gasteiger partial charge >= 0.3 is 0 Å². The number of hydrogen-bond donors (Lipinski definition) is 2. The third-order valence-electron chi connectivity index (χ3n) is 2.93. The fraction of sp³-hybridized carbons (Fsp3) is 1.00. The number of aliphatic hydroxyl groups is 1.